The highest BCUT2D eigenvalue weighted by molar-refractivity contribution is 7.89. The highest BCUT2D eigenvalue weighted by Crippen LogP contribution is 2.11. The van der Waals surface area contributed by atoms with Crippen LogP contribution in [0.25, 0.3) is 0 Å². The standard InChI is InChI=1S/C18H36N4O5S/c1-2-19-18(20-8-5-11-27-17-7-12-25-15-17)21-9-13-28(23,24)22-14-16-6-3-4-10-26-16/h16-17,22H,2-15H2,1H3,(H2,19,20,21). The van der Waals surface area contributed by atoms with E-state index < -0.39 is 10.0 Å². The van der Waals surface area contributed by atoms with Gasteiger partial charge < -0.3 is 24.8 Å². The molecule has 2 heterocycles. The maximum atomic E-state index is 12.1. The molecule has 0 bridgehead atoms. The Kier molecular flexibility index (Phi) is 11.1. The molecule has 2 fully saturated rings. The van der Waals surface area contributed by atoms with E-state index in [9.17, 15) is 8.42 Å². The molecule has 0 radical (unpaired) electrons. The Morgan fingerprint density at radius 3 is 2.82 bits per heavy atom. The van der Waals surface area contributed by atoms with E-state index in [2.05, 4.69) is 20.3 Å². The number of guanidine groups is 1. The maximum Gasteiger partial charge on any atom is 0.213 e. The smallest absolute Gasteiger partial charge is 0.213 e. The third kappa shape index (κ3) is 10.0. The van der Waals surface area contributed by atoms with Crippen LogP contribution in [0, 0.1) is 0 Å². The van der Waals surface area contributed by atoms with Gasteiger partial charge in [-0.3, -0.25) is 4.99 Å². The Hall–Kier alpha value is -0.940. The molecule has 0 aromatic rings. The van der Waals surface area contributed by atoms with Gasteiger partial charge in [-0.1, -0.05) is 0 Å². The summed E-state index contributed by atoms with van der Waals surface area (Å²) in [4.78, 5) is 4.46. The molecule has 28 heavy (non-hydrogen) atoms. The van der Waals surface area contributed by atoms with Gasteiger partial charge in [-0.2, -0.15) is 0 Å². The van der Waals surface area contributed by atoms with Crippen molar-refractivity contribution in [1.82, 2.24) is 15.4 Å². The fourth-order valence-electron chi connectivity index (χ4n) is 3.06. The molecule has 0 aromatic carbocycles. The van der Waals surface area contributed by atoms with Crippen molar-refractivity contribution in [3.63, 3.8) is 0 Å². The van der Waals surface area contributed by atoms with Gasteiger partial charge in [-0.25, -0.2) is 13.1 Å². The second-order valence-corrected chi connectivity index (χ2v) is 8.98. The third-order valence-electron chi connectivity index (χ3n) is 4.63. The van der Waals surface area contributed by atoms with Crippen LogP contribution in [0.15, 0.2) is 4.99 Å². The lowest BCUT2D eigenvalue weighted by molar-refractivity contribution is 0.0200. The van der Waals surface area contributed by atoms with Gasteiger partial charge in [0.1, 0.15) is 0 Å². The monoisotopic (exact) mass is 420 g/mol. The number of hydrogen-bond acceptors (Lipinski definition) is 6. The predicted molar refractivity (Wildman–Crippen MR) is 109 cm³/mol. The van der Waals surface area contributed by atoms with Crippen LogP contribution in [0.3, 0.4) is 0 Å². The van der Waals surface area contributed by atoms with Crippen molar-refractivity contribution < 1.29 is 22.6 Å². The minimum Gasteiger partial charge on any atom is -0.379 e. The van der Waals surface area contributed by atoms with Gasteiger partial charge in [0.25, 0.3) is 0 Å². The SMILES string of the molecule is CCNC(=NCCCOC1CCOC1)NCCS(=O)(=O)NCC1CCCCO1. The molecule has 0 aliphatic carbocycles. The van der Waals surface area contributed by atoms with E-state index in [0.717, 1.165) is 45.3 Å². The van der Waals surface area contributed by atoms with Gasteiger partial charge >= 0.3 is 0 Å². The average molecular weight is 421 g/mol. The number of rotatable bonds is 12. The van der Waals surface area contributed by atoms with Crippen molar-refractivity contribution in [1.29, 1.82) is 0 Å². The minimum absolute atomic E-state index is 0.00503. The lowest BCUT2D eigenvalue weighted by atomic mass is 10.1. The van der Waals surface area contributed by atoms with Crippen molar-refractivity contribution in [2.75, 3.05) is 58.4 Å². The topological polar surface area (TPSA) is 110 Å². The lowest BCUT2D eigenvalue weighted by Gasteiger charge is -2.22. The van der Waals surface area contributed by atoms with E-state index >= 15 is 0 Å². The van der Waals surface area contributed by atoms with E-state index in [4.69, 9.17) is 14.2 Å². The molecular formula is C18H36N4O5S. The molecule has 2 rings (SSSR count). The van der Waals surface area contributed by atoms with Gasteiger partial charge in [0.15, 0.2) is 5.96 Å². The molecule has 164 valence electrons. The summed E-state index contributed by atoms with van der Waals surface area (Å²) in [7, 11) is -3.34. The van der Waals surface area contributed by atoms with Crippen molar-refractivity contribution in [2.45, 2.75) is 51.2 Å². The summed E-state index contributed by atoms with van der Waals surface area (Å²) < 4.78 is 43.5. The summed E-state index contributed by atoms with van der Waals surface area (Å²) in [5.74, 6) is 0.618. The maximum absolute atomic E-state index is 12.1. The molecule has 0 aromatic heterocycles. The second kappa shape index (κ2) is 13.3. The fourth-order valence-corrected chi connectivity index (χ4v) is 4.01. The molecule has 0 saturated carbocycles. The van der Waals surface area contributed by atoms with Crippen molar-refractivity contribution >= 4 is 16.0 Å². The first kappa shape index (κ1) is 23.3. The van der Waals surface area contributed by atoms with Crippen molar-refractivity contribution in [2.24, 2.45) is 4.99 Å². The van der Waals surface area contributed by atoms with E-state index in [0.29, 0.717) is 45.4 Å². The van der Waals surface area contributed by atoms with Gasteiger partial charge in [0.2, 0.25) is 10.0 Å². The number of nitrogens with zero attached hydrogens (tertiary/aromatic N) is 1. The summed E-state index contributed by atoms with van der Waals surface area (Å²) in [6.45, 7) is 6.78. The molecule has 2 saturated heterocycles. The number of ether oxygens (including phenoxy) is 3. The van der Waals surface area contributed by atoms with Gasteiger partial charge in [0.05, 0.1) is 24.6 Å². The Labute approximate surface area is 169 Å². The summed E-state index contributed by atoms with van der Waals surface area (Å²) in [5.41, 5.74) is 0. The van der Waals surface area contributed by atoms with Crippen LogP contribution in [0.4, 0.5) is 0 Å². The Bertz CT molecular complexity index is 546. The highest BCUT2D eigenvalue weighted by atomic mass is 32.2. The Balaban J connectivity index is 1.60. The largest absolute Gasteiger partial charge is 0.379 e. The first-order valence-corrected chi connectivity index (χ1v) is 12.0. The van der Waals surface area contributed by atoms with E-state index in [1.54, 1.807) is 0 Å². The summed E-state index contributed by atoms with van der Waals surface area (Å²) in [6.07, 6.45) is 5.05. The average Bonchev–Trinajstić information content (AvgIpc) is 3.20. The number of aliphatic imine (C=N–C) groups is 1. The first-order valence-electron chi connectivity index (χ1n) is 10.4. The second-order valence-electron chi connectivity index (χ2n) is 7.05. The van der Waals surface area contributed by atoms with Gasteiger partial charge in [0, 0.05) is 46.0 Å². The predicted octanol–water partition coefficient (Wildman–Crippen LogP) is 0.226. The number of nitrogens with one attached hydrogen (secondary N) is 3. The summed E-state index contributed by atoms with van der Waals surface area (Å²) in [6, 6.07) is 0. The van der Waals surface area contributed by atoms with Crippen molar-refractivity contribution in [3.05, 3.63) is 0 Å². The molecule has 0 spiro atoms. The van der Waals surface area contributed by atoms with Crippen LogP contribution in [0.5, 0.6) is 0 Å². The molecule has 9 nitrogen and oxygen atoms in total. The zero-order chi connectivity index (χ0) is 20.1. The van der Waals surface area contributed by atoms with Crippen LogP contribution in [-0.4, -0.2) is 84.9 Å². The molecular weight excluding hydrogens is 384 g/mol. The highest BCUT2D eigenvalue weighted by Gasteiger charge is 2.18. The zero-order valence-corrected chi connectivity index (χ0v) is 17.8. The Morgan fingerprint density at radius 2 is 2.11 bits per heavy atom. The Morgan fingerprint density at radius 1 is 1.21 bits per heavy atom. The van der Waals surface area contributed by atoms with Crippen LogP contribution in [-0.2, 0) is 24.2 Å². The van der Waals surface area contributed by atoms with Crippen molar-refractivity contribution in [3.8, 4) is 0 Å². The third-order valence-corrected chi connectivity index (χ3v) is 5.97. The molecule has 2 aliphatic rings. The van der Waals surface area contributed by atoms with Crippen LogP contribution in [0.2, 0.25) is 0 Å². The molecule has 0 amide bonds. The van der Waals surface area contributed by atoms with Gasteiger partial charge in [-0.15, -0.1) is 0 Å². The van der Waals surface area contributed by atoms with Crippen LogP contribution >= 0.6 is 0 Å². The normalized spacial score (nSPS) is 23.7. The van der Waals surface area contributed by atoms with Crippen LogP contribution in [0.1, 0.15) is 39.0 Å². The molecule has 2 unspecified atom stereocenters. The summed E-state index contributed by atoms with van der Waals surface area (Å²) in [5, 5.41) is 6.20. The fraction of sp³-hybridized carbons (Fsp3) is 0.944. The molecule has 2 atom stereocenters. The van der Waals surface area contributed by atoms with E-state index in [1.165, 1.54) is 0 Å². The zero-order valence-electron chi connectivity index (χ0n) is 17.0. The minimum atomic E-state index is -3.34. The molecule has 2 aliphatic heterocycles. The molecule has 3 N–H and O–H groups in total. The van der Waals surface area contributed by atoms with Gasteiger partial charge in [-0.05, 0) is 39.0 Å². The number of sulfonamides is 1. The van der Waals surface area contributed by atoms with E-state index in [-0.39, 0.29) is 18.0 Å². The lowest BCUT2D eigenvalue weighted by Crippen LogP contribution is -2.42. The van der Waals surface area contributed by atoms with Crippen LogP contribution < -0.4 is 15.4 Å². The summed E-state index contributed by atoms with van der Waals surface area (Å²) >= 11 is 0. The first-order chi connectivity index (χ1) is 13.6. The quantitative estimate of drug-likeness (QED) is 0.235. The van der Waals surface area contributed by atoms with E-state index in [1.807, 2.05) is 6.92 Å². The molecule has 10 heteroatoms. The number of hydrogen-bond donors (Lipinski definition) is 3.